The molecule has 1 aliphatic rings. The maximum atomic E-state index is 11.4. The van der Waals surface area contributed by atoms with Crippen molar-refractivity contribution in [3.05, 3.63) is 0 Å². The maximum absolute atomic E-state index is 11.4. The van der Waals surface area contributed by atoms with Crippen molar-refractivity contribution in [1.29, 1.82) is 0 Å². The number of hydrogen-bond acceptors (Lipinski definition) is 13. The van der Waals surface area contributed by atoms with Crippen molar-refractivity contribution in [2.24, 2.45) is 0 Å². The zero-order chi connectivity index (χ0) is 22.0. The molecular weight excluding hydrogens is 423 g/mol. The summed E-state index contributed by atoms with van der Waals surface area (Å²) in [5.74, 6) is -1.50. The predicted molar refractivity (Wildman–Crippen MR) is 87.1 cm³/mol. The summed E-state index contributed by atoms with van der Waals surface area (Å²) in [5.41, 5.74) is 0. The quantitative estimate of drug-likeness (QED) is 0.129. The summed E-state index contributed by atoms with van der Waals surface area (Å²) in [6.07, 6.45) is -10.8. The van der Waals surface area contributed by atoms with Crippen molar-refractivity contribution in [2.75, 3.05) is 34.0 Å². The standard InChI is InChI=1S/C16H26O13.Na/c1-24-8(3-17)9(4-18)27-12(5-19)29-15-10(6-26-7-11(20)21)28-16(25-2)14(23)13(15)22;/h3,5,8-10,12-16,18,22-23H,4,6-7H2,1-2H3,(H,20,21);/q;+1/p-1/t8-,9+,10+,12-,13+,14+,15+,16+;/m0./s1. The molecule has 1 rings (SSSR count). The zero-order valence-corrected chi connectivity index (χ0v) is 18.8. The van der Waals surface area contributed by atoms with Crippen LogP contribution in [-0.4, -0.2) is 117 Å². The molecule has 1 fully saturated rings. The Hall–Kier alpha value is -0.550. The van der Waals surface area contributed by atoms with E-state index in [2.05, 4.69) is 0 Å². The Labute approximate surface area is 194 Å². The van der Waals surface area contributed by atoms with E-state index < -0.39 is 75.0 Å². The van der Waals surface area contributed by atoms with Crippen LogP contribution in [0.15, 0.2) is 0 Å². The number of ether oxygens (including phenoxy) is 6. The molecule has 13 nitrogen and oxygen atoms in total. The van der Waals surface area contributed by atoms with E-state index in [-0.39, 0.29) is 35.8 Å². The van der Waals surface area contributed by atoms with Crippen LogP contribution in [0.3, 0.4) is 0 Å². The average molecular weight is 448 g/mol. The third kappa shape index (κ3) is 8.53. The van der Waals surface area contributed by atoms with Gasteiger partial charge >= 0.3 is 29.6 Å². The first kappa shape index (κ1) is 29.5. The van der Waals surface area contributed by atoms with E-state index in [4.69, 9.17) is 28.4 Å². The van der Waals surface area contributed by atoms with Gasteiger partial charge in [0, 0.05) is 14.2 Å². The van der Waals surface area contributed by atoms with Crippen molar-refractivity contribution >= 4 is 18.5 Å². The summed E-state index contributed by atoms with van der Waals surface area (Å²) in [6.45, 7) is -1.90. The third-order valence-electron chi connectivity index (χ3n) is 4.04. The number of aliphatic carboxylic acids is 1. The molecule has 8 atom stereocenters. The van der Waals surface area contributed by atoms with Crippen molar-refractivity contribution in [3.8, 4) is 0 Å². The topological polar surface area (TPSA) is 190 Å². The van der Waals surface area contributed by atoms with E-state index >= 15 is 0 Å². The molecule has 0 aromatic carbocycles. The van der Waals surface area contributed by atoms with Gasteiger partial charge in [-0.15, -0.1) is 0 Å². The molecule has 1 saturated heterocycles. The molecule has 0 saturated carbocycles. The minimum atomic E-state index is -1.71. The van der Waals surface area contributed by atoms with Crippen molar-refractivity contribution in [1.82, 2.24) is 0 Å². The van der Waals surface area contributed by atoms with Gasteiger partial charge in [-0.3, -0.25) is 4.79 Å². The fourth-order valence-electron chi connectivity index (χ4n) is 2.60. The van der Waals surface area contributed by atoms with E-state index in [1.807, 2.05) is 0 Å². The molecule has 168 valence electrons. The number of aldehydes is 2. The largest absolute Gasteiger partial charge is 1.00 e. The number of carboxylic acid groups (broad SMARTS) is 1. The summed E-state index contributed by atoms with van der Waals surface area (Å²) in [5, 5.41) is 40.2. The number of aliphatic hydroxyl groups is 3. The Morgan fingerprint density at radius 2 is 1.87 bits per heavy atom. The fraction of sp³-hybridized carbons (Fsp3) is 0.812. The number of aliphatic hydroxyl groups excluding tert-OH is 3. The first-order valence-corrected chi connectivity index (χ1v) is 8.50. The molecule has 1 aliphatic heterocycles. The Bertz CT molecular complexity index is 521. The SMILES string of the molecule is CO[C@@H]1O[C@H](COCC(=O)[O-])[C@@H](O[C@@H](C=O)O[C@H](CO)[C@H](C=O)OC)[C@H](O)[C@H]1O.[Na+]. The molecule has 0 aromatic rings. The fourth-order valence-corrected chi connectivity index (χ4v) is 2.60. The molecule has 0 unspecified atom stereocenters. The molecule has 0 spiro atoms. The Kier molecular flexibility index (Phi) is 15.0. The molecular formula is C16H25NaO13. The van der Waals surface area contributed by atoms with E-state index in [0.29, 0.717) is 6.29 Å². The van der Waals surface area contributed by atoms with Crippen molar-refractivity contribution in [2.45, 2.75) is 49.2 Å². The summed E-state index contributed by atoms with van der Waals surface area (Å²) < 4.78 is 30.5. The van der Waals surface area contributed by atoms with Crippen molar-refractivity contribution in [3.63, 3.8) is 0 Å². The van der Waals surface area contributed by atoms with Gasteiger partial charge in [0.1, 0.15) is 36.6 Å². The molecule has 14 heteroatoms. The average Bonchev–Trinajstić information content (AvgIpc) is 2.71. The van der Waals surface area contributed by atoms with Crippen LogP contribution >= 0.6 is 0 Å². The Morgan fingerprint density at radius 3 is 2.33 bits per heavy atom. The number of rotatable bonds is 14. The number of hydrogen-bond donors (Lipinski definition) is 3. The molecule has 0 amide bonds. The van der Waals surface area contributed by atoms with Gasteiger partial charge in [0.05, 0.1) is 25.8 Å². The predicted octanol–water partition coefficient (Wildman–Crippen LogP) is -7.65. The van der Waals surface area contributed by atoms with E-state index in [1.54, 1.807) is 0 Å². The summed E-state index contributed by atoms with van der Waals surface area (Å²) in [6, 6.07) is 0. The van der Waals surface area contributed by atoms with Gasteiger partial charge in [-0.05, 0) is 0 Å². The van der Waals surface area contributed by atoms with Crippen LogP contribution in [0.25, 0.3) is 0 Å². The second-order valence-electron chi connectivity index (χ2n) is 5.95. The maximum Gasteiger partial charge on any atom is 1.00 e. The number of carbonyl (C=O) groups is 3. The second kappa shape index (κ2) is 15.3. The molecule has 0 bridgehead atoms. The number of carbonyl (C=O) groups excluding carboxylic acids is 3. The summed E-state index contributed by atoms with van der Waals surface area (Å²) >= 11 is 0. The molecule has 3 N–H and O–H groups in total. The molecule has 30 heavy (non-hydrogen) atoms. The summed E-state index contributed by atoms with van der Waals surface area (Å²) in [4.78, 5) is 32.8. The normalized spacial score (nSPS) is 29.3. The van der Waals surface area contributed by atoms with Crippen LogP contribution in [-0.2, 0) is 42.8 Å². The zero-order valence-electron chi connectivity index (χ0n) is 16.8. The minimum Gasteiger partial charge on any atom is -0.548 e. The van der Waals surface area contributed by atoms with Crippen LogP contribution < -0.4 is 34.7 Å². The third-order valence-corrected chi connectivity index (χ3v) is 4.04. The second-order valence-corrected chi connectivity index (χ2v) is 5.95. The molecule has 0 radical (unpaired) electrons. The smallest absolute Gasteiger partial charge is 0.548 e. The van der Waals surface area contributed by atoms with Crippen LogP contribution in [0.2, 0.25) is 0 Å². The van der Waals surface area contributed by atoms with Gasteiger partial charge in [-0.25, -0.2) is 0 Å². The van der Waals surface area contributed by atoms with E-state index in [1.165, 1.54) is 14.2 Å². The van der Waals surface area contributed by atoms with Crippen LogP contribution in [0.5, 0.6) is 0 Å². The molecule has 1 heterocycles. The van der Waals surface area contributed by atoms with Gasteiger partial charge in [-0.2, -0.15) is 0 Å². The van der Waals surface area contributed by atoms with Crippen LogP contribution in [0.1, 0.15) is 0 Å². The van der Waals surface area contributed by atoms with E-state index in [9.17, 15) is 34.8 Å². The molecule has 0 aliphatic carbocycles. The minimum absolute atomic E-state index is 0. The Balaban J connectivity index is 0.00000841. The first-order chi connectivity index (χ1) is 13.8. The van der Waals surface area contributed by atoms with Gasteiger partial charge in [-0.1, -0.05) is 0 Å². The summed E-state index contributed by atoms with van der Waals surface area (Å²) in [7, 11) is 2.39. The number of carboxylic acids is 1. The van der Waals surface area contributed by atoms with Gasteiger partial charge in [0.15, 0.2) is 18.9 Å². The number of methoxy groups -OCH3 is 2. The van der Waals surface area contributed by atoms with Gasteiger partial charge in [0.2, 0.25) is 6.29 Å². The van der Waals surface area contributed by atoms with Crippen LogP contribution in [0, 0.1) is 0 Å². The van der Waals surface area contributed by atoms with Gasteiger partial charge in [0.25, 0.3) is 0 Å². The van der Waals surface area contributed by atoms with Crippen LogP contribution in [0.4, 0.5) is 0 Å². The Morgan fingerprint density at radius 1 is 1.20 bits per heavy atom. The monoisotopic (exact) mass is 448 g/mol. The first-order valence-electron chi connectivity index (χ1n) is 8.50. The van der Waals surface area contributed by atoms with Crippen molar-refractivity contribution < 1.29 is 92.8 Å². The van der Waals surface area contributed by atoms with Gasteiger partial charge < -0.3 is 58.4 Å². The van der Waals surface area contributed by atoms with E-state index in [0.717, 1.165) is 0 Å². The molecule has 0 aromatic heterocycles.